The average Bonchev–Trinajstić information content (AvgIpc) is 2.77. The number of alkyl halides is 1. The van der Waals surface area contributed by atoms with Crippen LogP contribution in [0.3, 0.4) is 0 Å². The van der Waals surface area contributed by atoms with E-state index in [1.807, 2.05) is 0 Å². The smallest absolute Gasteiger partial charge is 0.410 e. The van der Waals surface area contributed by atoms with Gasteiger partial charge in [-0.25, -0.2) is 22.6 Å². The molecule has 0 aromatic carbocycles. The molecular weight excluding hydrogens is 403 g/mol. The Balaban J connectivity index is 2.18. The van der Waals surface area contributed by atoms with Gasteiger partial charge in [-0.05, 0) is 48.8 Å². The molecule has 1 saturated heterocycles. The number of halogens is 2. The van der Waals surface area contributed by atoms with Gasteiger partial charge in [0, 0.05) is 6.42 Å². The van der Waals surface area contributed by atoms with E-state index >= 15 is 0 Å². The van der Waals surface area contributed by atoms with Gasteiger partial charge in [-0.15, -0.1) is 0 Å². The summed E-state index contributed by atoms with van der Waals surface area (Å²) in [5, 5.41) is -0.108. The maximum Gasteiger partial charge on any atom is 0.410 e. The topological polar surface area (TPSA) is 76.6 Å². The molecule has 1 aliphatic heterocycles. The van der Waals surface area contributed by atoms with Crippen molar-refractivity contribution in [1.82, 2.24) is 9.88 Å². The zero-order valence-electron chi connectivity index (χ0n) is 13.7. The zero-order chi connectivity index (χ0) is 18.1. The van der Waals surface area contributed by atoms with E-state index in [9.17, 15) is 17.6 Å². The molecule has 1 fully saturated rings. The third-order valence-electron chi connectivity index (χ3n) is 3.41. The van der Waals surface area contributed by atoms with Gasteiger partial charge in [-0.1, -0.05) is 6.07 Å². The second kappa shape index (κ2) is 6.95. The molecular formula is C15H20BrFN2O4S. The van der Waals surface area contributed by atoms with Crippen LogP contribution in [0.2, 0.25) is 0 Å². The molecule has 0 unspecified atom stereocenters. The van der Waals surface area contributed by atoms with Crippen molar-refractivity contribution >= 4 is 31.9 Å². The summed E-state index contributed by atoms with van der Waals surface area (Å²) in [5.74, 6) is -0.393. The molecule has 1 aromatic heterocycles. The van der Waals surface area contributed by atoms with E-state index in [1.54, 1.807) is 32.9 Å². The third-order valence-corrected chi connectivity index (χ3v) is 5.54. The molecule has 24 heavy (non-hydrogen) atoms. The molecule has 0 aliphatic carbocycles. The van der Waals surface area contributed by atoms with Crippen molar-refractivity contribution in [3.63, 3.8) is 0 Å². The lowest BCUT2D eigenvalue weighted by molar-refractivity contribution is 0.0232. The maximum absolute atomic E-state index is 13.8. The summed E-state index contributed by atoms with van der Waals surface area (Å²) in [6.07, 6.45) is -2.01. The number of sulfone groups is 1. The van der Waals surface area contributed by atoms with Gasteiger partial charge in [-0.2, -0.15) is 0 Å². The number of carbonyl (C=O) groups excluding carboxylic acids is 1. The second-order valence-electron chi connectivity index (χ2n) is 6.70. The van der Waals surface area contributed by atoms with Gasteiger partial charge in [0.05, 0.1) is 18.3 Å². The average molecular weight is 423 g/mol. The van der Waals surface area contributed by atoms with Crippen molar-refractivity contribution in [2.45, 2.75) is 50.0 Å². The summed E-state index contributed by atoms with van der Waals surface area (Å²) in [5.41, 5.74) is -0.735. The number of ether oxygens (including phenoxy) is 1. The SMILES string of the molecule is CC(C)(C)OC(=O)N1C[C@H](F)C[C@H]1CS(=O)(=O)c1cccc(Br)n1. The highest BCUT2D eigenvalue weighted by Crippen LogP contribution is 2.26. The Morgan fingerprint density at radius 3 is 2.71 bits per heavy atom. The number of rotatable bonds is 3. The molecule has 0 radical (unpaired) electrons. The van der Waals surface area contributed by atoms with E-state index in [0.717, 1.165) is 4.90 Å². The first kappa shape index (κ1) is 19.1. The van der Waals surface area contributed by atoms with Crippen molar-refractivity contribution in [1.29, 1.82) is 0 Å². The van der Waals surface area contributed by atoms with Gasteiger partial charge >= 0.3 is 6.09 Å². The van der Waals surface area contributed by atoms with Gasteiger partial charge < -0.3 is 9.64 Å². The van der Waals surface area contributed by atoms with Crippen molar-refractivity contribution in [2.75, 3.05) is 12.3 Å². The summed E-state index contributed by atoms with van der Waals surface area (Å²) < 4.78 is 44.5. The molecule has 2 rings (SSSR count). The van der Waals surface area contributed by atoms with Crippen molar-refractivity contribution in [2.24, 2.45) is 0 Å². The Morgan fingerprint density at radius 1 is 1.46 bits per heavy atom. The molecule has 1 aromatic rings. The highest BCUT2D eigenvalue weighted by Gasteiger charge is 2.40. The number of amides is 1. The molecule has 0 N–H and O–H groups in total. The predicted molar refractivity (Wildman–Crippen MR) is 90.2 cm³/mol. The predicted octanol–water partition coefficient (Wildman–Crippen LogP) is 2.97. The summed E-state index contributed by atoms with van der Waals surface area (Å²) in [6, 6.07) is 3.77. The molecule has 6 nitrogen and oxygen atoms in total. The molecule has 134 valence electrons. The summed E-state index contributed by atoms with van der Waals surface area (Å²) in [4.78, 5) is 17.3. The van der Waals surface area contributed by atoms with Crippen LogP contribution in [0, 0.1) is 0 Å². The van der Waals surface area contributed by atoms with Crippen LogP contribution in [0.4, 0.5) is 9.18 Å². The fourth-order valence-electron chi connectivity index (χ4n) is 2.46. The second-order valence-corrected chi connectivity index (χ2v) is 9.49. The van der Waals surface area contributed by atoms with Crippen LogP contribution in [0.1, 0.15) is 27.2 Å². The quantitative estimate of drug-likeness (QED) is 0.699. The van der Waals surface area contributed by atoms with E-state index in [1.165, 1.54) is 6.07 Å². The van der Waals surface area contributed by atoms with Crippen LogP contribution in [0.25, 0.3) is 0 Å². The van der Waals surface area contributed by atoms with Gasteiger partial charge in [0.15, 0.2) is 14.9 Å². The molecule has 2 atom stereocenters. The minimum atomic E-state index is -3.76. The summed E-state index contributed by atoms with van der Waals surface area (Å²) >= 11 is 3.12. The van der Waals surface area contributed by atoms with Crippen molar-refractivity contribution in [3.8, 4) is 0 Å². The Labute approximate surface area is 149 Å². The third kappa shape index (κ3) is 4.89. The van der Waals surface area contributed by atoms with Gasteiger partial charge in [0.25, 0.3) is 0 Å². The van der Waals surface area contributed by atoms with Gasteiger partial charge in [0.1, 0.15) is 16.4 Å². The number of hydrogen-bond donors (Lipinski definition) is 0. The van der Waals surface area contributed by atoms with E-state index in [-0.39, 0.29) is 18.0 Å². The molecule has 2 heterocycles. The number of nitrogens with zero attached hydrogens (tertiary/aromatic N) is 2. The molecule has 1 aliphatic rings. The van der Waals surface area contributed by atoms with Crippen LogP contribution < -0.4 is 0 Å². The highest BCUT2D eigenvalue weighted by atomic mass is 79.9. The molecule has 9 heteroatoms. The number of likely N-dealkylation sites (tertiary alicyclic amines) is 1. The van der Waals surface area contributed by atoms with Crippen LogP contribution in [-0.2, 0) is 14.6 Å². The van der Waals surface area contributed by atoms with Gasteiger partial charge in [0.2, 0.25) is 0 Å². The Kier molecular flexibility index (Phi) is 5.54. The van der Waals surface area contributed by atoms with Crippen molar-refractivity contribution < 1.29 is 22.3 Å². The normalized spacial score (nSPS) is 21.8. The fraction of sp³-hybridized carbons (Fsp3) is 0.600. The maximum atomic E-state index is 13.8. The van der Waals surface area contributed by atoms with E-state index in [0.29, 0.717) is 4.60 Å². The lowest BCUT2D eigenvalue weighted by atomic mass is 10.2. The van der Waals surface area contributed by atoms with E-state index < -0.39 is 39.5 Å². The van der Waals surface area contributed by atoms with Crippen LogP contribution in [0.5, 0.6) is 0 Å². The molecule has 0 bridgehead atoms. The van der Waals surface area contributed by atoms with Crippen LogP contribution in [-0.4, -0.2) is 54.5 Å². The Bertz CT molecular complexity index is 720. The monoisotopic (exact) mass is 422 g/mol. The lowest BCUT2D eigenvalue weighted by Gasteiger charge is -2.28. The first-order valence-corrected chi connectivity index (χ1v) is 9.91. The van der Waals surface area contributed by atoms with Crippen molar-refractivity contribution in [3.05, 3.63) is 22.8 Å². The minimum absolute atomic E-state index is 0.0352. The zero-order valence-corrected chi connectivity index (χ0v) is 16.1. The highest BCUT2D eigenvalue weighted by molar-refractivity contribution is 9.10. The number of pyridine rings is 1. The fourth-order valence-corrected chi connectivity index (χ4v) is 4.44. The molecule has 1 amide bonds. The Hall–Kier alpha value is -1.22. The Morgan fingerprint density at radius 2 is 2.12 bits per heavy atom. The van der Waals surface area contributed by atoms with Crippen LogP contribution >= 0.6 is 15.9 Å². The first-order chi connectivity index (χ1) is 11.0. The standard InChI is InChI=1S/C15H20BrFN2O4S/c1-15(2,3)23-14(20)19-8-10(17)7-11(19)9-24(21,22)13-6-4-5-12(16)18-13/h4-6,10-11H,7-9H2,1-3H3/t10-,11+/m1/s1. The van der Waals surface area contributed by atoms with Gasteiger partial charge in [-0.3, -0.25) is 0 Å². The molecule has 0 spiro atoms. The minimum Gasteiger partial charge on any atom is -0.444 e. The van der Waals surface area contributed by atoms with Crippen LogP contribution in [0.15, 0.2) is 27.8 Å². The number of hydrogen-bond acceptors (Lipinski definition) is 5. The largest absolute Gasteiger partial charge is 0.444 e. The summed E-state index contributed by atoms with van der Waals surface area (Å²) in [6.45, 7) is 4.93. The first-order valence-electron chi connectivity index (χ1n) is 7.47. The summed E-state index contributed by atoms with van der Waals surface area (Å²) in [7, 11) is -3.76. The molecule has 0 saturated carbocycles. The number of carbonyl (C=O) groups is 1. The lowest BCUT2D eigenvalue weighted by Crippen LogP contribution is -2.42. The van der Waals surface area contributed by atoms with E-state index in [2.05, 4.69) is 20.9 Å². The number of aromatic nitrogens is 1. The van der Waals surface area contributed by atoms with E-state index in [4.69, 9.17) is 4.74 Å².